The van der Waals surface area contributed by atoms with E-state index in [1.54, 1.807) is 6.92 Å². The summed E-state index contributed by atoms with van der Waals surface area (Å²) < 4.78 is 25.7. The summed E-state index contributed by atoms with van der Waals surface area (Å²) in [6.07, 6.45) is 0. The molecular formula is C18H30N2O2S. The number of rotatable bonds is 7. The van der Waals surface area contributed by atoms with E-state index in [-0.39, 0.29) is 11.8 Å². The van der Waals surface area contributed by atoms with Crippen molar-refractivity contribution in [2.45, 2.75) is 71.1 Å². The van der Waals surface area contributed by atoms with Crippen molar-refractivity contribution < 1.29 is 8.42 Å². The van der Waals surface area contributed by atoms with Crippen LogP contribution in [-0.4, -0.2) is 8.42 Å². The standard InChI is InChI=1S/C18H30N2O2S/c1-11(2)15-9-16(12(3)4)18(17(10-15)13(5)6)23(21,22)20-19-14(7)8/h9-13,19-20H,7H2,1-6,8H3. The average Bonchev–Trinajstić information content (AvgIpc) is 2.43. The maximum Gasteiger partial charge on any atom is 0.257 e. The minimum absolute atomic E-state index is 0.114. The summed E-state index contributed by atoms with van der Waals surface area (Å²) >= 11 is 0. The highest BCUT2D eigenvalue weighted by Crippen LogP contribution is 2.34. The lowest BCUT2D eigenvalue weighted by Crippen LogP contribution is -2.37. The summed E-state index contributed by atoms with van der Waals surface area (Å²) in [7, 11) is -3.67. The van der Waals surface area contributed by atoms with Crippen molar-refractivity contribution in [3.05, 3.63) is 41.1 Å². The molecule has 1 aromatic carbocycles. The van der Waals surface area contributed by atoms with Crippen molar-refractivity contribution in [3.63, 3.8) is 0 Å². The Morgan fingerprint density at radius 1 is 0.957 bits per heavy atom. The van der Waals surface area contributed by atoms with Gasteiger partial charge in [0.2, 0.25) is 0 Å². The van der Waals surface area contributed by atoms with Crippen molar-refractivity contribution >= 4 is 10.0 Å². The molecule has 0 saturated carbocycles. The second-order valence-electron chi connectivity index (χ2n) is 7.00. The van der Waals surface area contributed by atoms with Crippen molar-refractivity contribution in [1.82, 2.24) is 10.3 Å². The van der Waals surface area contributed by atoms with Crippen molar-refractivity contribution in [2.75, 3.05) is 0 Å². The quantitative estimate of drug-likeness (QED) is 0.726. The summed E-state index contributed by atoms with van der Waals surface area (Å²) in [5, 5.41) is 0. The van der Waals surface area contributed by atoms with Crippen LogP contribution in [0.4, 0.5) is 0 Å². The first-order valence-electron chi connectivity index (χ1n) is 8.08. The smallest absolute Gasteiger partial charge is 0.257 e. The van der Waals surface area contributed by atoms with Crippen LogP contribution >= 0.6 is 0 Å². The molecule has 2 N–H and O–H groups in total. The van der Waals surface area contributed by atoms with E-state index < -0.39 is 10.0 Å². The Morgan fingerprint density at radius 2 is 1.39 bits per heavy atom. The number of benzene rings is 1. The number of nitrogens with one attached hydrogen (secondary N) is 2. The Bertz CT molecular complexity index is 645. The van der Waals surface area contributed by atoms with Gasteiger partial charge in [-0.2, -0.15) is 0 Å². The molecule has 0 fully saturated rings. The van der Waals surface area contributed by atoms with E-state index in [1.807, 2.05) is 39.8 Å². The van der Waals surface area contributed by atoms with Gasteiger partial charge in [-0.1, -0.05) is 60.3 Å². The molecule has 0 aliphatic rings. The molecule has 0 spiro atoms. The van der Waals surface area contributed by atoms with Crippen LogP contribution in [0, 0.1) is 0 Å². The monoisotopic (exact) mass is 338 g/mol. The minimum atomic E-state index is -3.67. The zero-order valence-corrected chi connectivity index (χ0v) is 16.1. The van der Waals surface area contributed by atoms with Gasteiger partial charge in [0.05, 0.1) is 4.90 Å². The maximum atomic E-state index is 12.9. The summed E-state index contributed by atoms with van der Waals surface area (Å²) in [6, 6.07) is 4.05. The predicted octanol–water partition coefficient (Wildman–Crippen LogP) is 4.37. The van der Waals surface area contributed by atoms with Crippen LogP contribution in [0.1, 0.15) is 82.9 Å². The Balaban J connectivity index is 3.64. The molecule has 0 amide bonds. The third kappa shape index (κ3) is 4.82. The summed E-state index contributed by atoms with van der Waals surface area (Å²) in [4.78, 5) is 2.83. The van der Waals surface area contributed by atoms with Gasteiger partial charge in [-0.25, -0.2) is 8.42 Å². The number of sulfonamides is 1. The van der Waals surface area contributed by atoms with Crippen molar-refractivity contribution in [3.8, 4) is 0 Å². The molecule has 0 unspecified atom stereocenters. The van der Waals surface area contributed by atoms with E-state index >= 15 is 0 Å². The average molecular weight is 339 g/mol. The zero-order valence-electron chi connectivity index (χ0n) is 15.3. The first kappa shape index (κ1) is 19.7. The van der Waals surface area contributed by atoms with Gasteiger partial charge >= 0.3 is 0 Å². The Hall–Kier alpha value is -1.33. The van der Waals surface area contributed by atoms with Crippen LogP contribution in [0.25, 0.3) is 0 Å². The van der Waals surface area contributed by atoms with Gasteiger partial charge in [-0.15, -0.1) is 4.83 Å². The molecule has 0 saturated heterocycles. The third-order valence-electron chi connectivity index (χ3n) is 3.75. The summed E-state index contributed by atoms with van der Waals surface area (Å²) in [6.45, 7) is 17.7. The highest BCUT2D eigenvalue weighted by molar-refractivity contribution is 7.89. The van der Waals surface area contributed by atoms with Crippen LogP contribution in [0.2, 0.25) is 0 Å². The van der Waals surface area contributed by atoms with E-state index in [9.17, 15) is 8.42 Å². The third-order valence-corrected chi connectivity index (χ3v) is 5.13. The zero-order chi connectivity index (χ0) is 17.9. The van der Waals surface area contributed by atoms with Crippen molar-refractivity contribution in [1.29, 1.82) is 0 Å². The van der Waals surface area contributed by atoms with Crippen LogP contribution in [0.3, 0.4) is 0 Å². The predicted molar refractivity (Wildman–Crippen MR) is 97.0 cm³/mol. The summed E-state index contributed by atoms with van der Waals surface area (Å²) in [5.74, 6) is 0.577. The van der Waals surface area contributed by atoms with E-state index in [1.165, 1.54) is 5.56 Å². The molecule has 23 heavy (non-hydrogen) atoms. The second kappa shape index (κ2) is 7.49. The first-order chi connectivity index (χ1) is 10.5. The molecule has 5 heteroatoms. The Kier molecular flexibility index (Phi) is 6.42. The molecule has 0 aliphatic carbocycles. The fourth-order valence-corrected chi connectivity index (χ4v) is 4.03. The normalized spacial score (nSPS) is 12.3. The molecule has 4 nitrogen and oxygen atoms in total. The molecular weight excluding hydrogens is 308 g/mol. The van der Waals surface area contributed by atoms with E-state index in [0.29, 0.717) is 16.5 Å². The van der Waals surface area contributed by atoms with Crippen LogP contribution in [0.15, 0.2) is 29.3 Å². The first-order valence-corrected chi connectivity index (χ1v) is 9.56. The van der Waals surface area contributed by atoms with E-state index in [4.69, 9.17) is 0 Å². The summed E-state index contributed by atoms with van der Waals surface area (Å²) in [5.41, 5.74) is 6.05. The second-order valence-corrected chi connectivity index (χ2v) is 8.62. The SMILES string of the molecule is C=C(C)NNS(=O)(=O)c1c(C(C)C)cc(C(C)C)cc1C(C)C. The van der Waals surface area contributed by atoms with Gasteiger partial charge in [-0.3, -0.25) is 0 Å². The number of hydrazine groups is 1. The fraction of sp³-hybridized carbons (Fsp3) is 0.556. The van der Waals surface area contributed by atoms with Crippen LogP contribution in [-0.2, 0) is 10.0 Å². The number of hydrogen-bond acceptors (Lipinski definition) is 3. The lowest BCUT2D eigenvalue weighted by atomic mass is 9.89. The van der Waals surface area contributed by atoms with Gasteiger partial charge in [0.1, 0.15) is 0 Å². The molecule has 0 radical (unpaired) electrons. The molecule has 0 atom stereocenters. The lowest BCUT2D eigenvalue weighted by molar-refractivity contribution is 0.565. The Morgan fingerprint density at radius 3 is 1.70 bits per heavy atom. The number of allylic oxidation sites excluding steroid dienone is 1. The minimum Gasteiger partial charge on any atom is -0.313 e. The topological polar surface area (TPSA) is 58.2 Å². The van der Waals surface area contributed by atoms with E-state index in [0.717, 1.165) is 11.1 Å². The van der Waals surface area contributed by atoms with Gasteiger partial charge in [-0.05, 0) is 41.4 Å². The molecule has 0 aliphatic heterocycles. The van der Waals surface area contributed by atoms with Gasteiger partial charge in [0.25, 0.3) is 10.0 Å². The van der Waals surface area contributed by atoms with Gasteiger partial charge in [0, 0.05) is 5.70 Å². The van der Waals surface area contributed by atoms with Crippen LogP contribution < -0.4 is 10.3 Å². The molecule has 0 bridgehead atoms. The van der Waals surface area contributed by atoms with Crippen LogP contribution in [0.5, 0.6) is 0 Å². The molecule has 0 heterocycles. The highest BCUT2D eigenvalue weighted by Gasteiger charge is 2.26. The lowest BCUT2D eigenvalue weighted by Gasteiger charge is -2.23. The largest absolute Gasteiger partial charge is 0.313 e. The number of hydrogen-bond donors (Lipinski definition) is 2. The molecule has 130 valence electrons. The molecule has 1 rings (SSSR count). The highest BCUT2D eigenvalue weighted by atomic mass is 32.2. The van der Waals surface area contributed by atoms with E-state index in [2.05, 4.69) is 30.7 Å². The van der Waals surface area contributed by atoms with Gasteiger partial charge in [0.15, 0.2) is 0 Å². The molecule has 0 aromatic heterocycles. The van der Waals surface area contributed by atoms with Gasteiger partial charge < -0.3 is 5.43 Å². The maximum absolute atomic E-state index is 12.9. The van der Waals surface area contributed by atoms with Crippen molar-refractivity contribution in [2.24, 2.45) is 0 Å². The fourth-order valence-electron chi connectivity index (χ4n) is 2.41. The molecule has 1 aromatic rings. The Labute approximate surface area is 141 Å².